The van der Waals surface area contributed by atoms with Crippen molar-refractivity contribution in [2.45, 2.75) is 19.5 Å². The molecule has 0 saturated heterocycles. The molecule has 2 aromatic rings. The molecule has 2 heterocycles. The van der Waals surface area contributed by atoms with Crippen LogP contribution in [0.3, 0.4) is 0 Å². The number of hydrogen-bond donors (Lipinski definition) is 2. The van der Waals surface area contributed by atoms with E-state index in [-0.39, 0.29) is 17.9 Å². The van der Waals surface area contributed by atoms with Gasteiger partial charge in [-0.1, -0.05) is 6.07 Å². The van der Waals surface area contributed by atoms with Gasteiger partial charge in [0.15, 0.2) is 0 Å². The summed E-state index contributed by atoms with van der Waals surface area (Å²) in [4.78, 5) is 24.8. The predicted octanol–water partition coefficient (Wildman–Crippen LogP) is 1.19. The number of hydrogen-bond acceptors (Lipinski definition) is 3. The minimum absolute atomic E-state index is 0.00215. The molecule has 2 N–H and O–H groups in total. The second-order valence-electron chi connectivity index (χ2n) is 4.80. The van der Waals surface area contributed by atoms with Crippen LogP contribution >= 0.6 is 0 Å². The van der Waals surface area contributed by atoms with E-state index >= 15 is 0 Å². The van der Waals surface area contributed by atoms with Gasteiger partial charge in [0.05, 0.1) is 12.0 Å². The summed E-state index contributed by atoms with van der Waals surface area (Å²) in [6.07, 6.45) is 1.89. The van der Waals surface area contributed by atoms with Crippen LogP contribution in [0.5, 0.6) is 0 Å². The van der Waals surface area contributed by atoms with Gasteiger partial charge in [-0.2, -0.15) is 5.10 Å². The van der Waals surface area contributed by atoms with E-state index in [1.165, 1.54) is 0 Å². The summed E-state index contributed by atoms with van der Waals surface area (Å²) < 4.78 is 0. The average Bonchev–Trinajstić information content (AvgIpc) is 3.05. The summed E-state index contributed by atoms with van der Waals surface area (Å²) in [5.41, 5.74) is 2.94. The zero-order chi connectivity index (χ0) is 14.1. The van der Waals surface area contributed by atoms with Crippen molar-refractivity contribution in [3.63, 3.8) is 0 Å². The van der Waals surface area contributed by atoms with Crippen LogP contribution in [-0.2, 0) is 24.3 Å². The molecule has 6 nitrogen and oxygen atoms in total. The van der Waals surface area contributed by atoms with Crippen molar-refractivity contribution >= 4 is 11.9 Å². The Bertz CT molecular complexity index is 664. The molecule has 0 saturated carbocycles. The highest BCUT2D eigenvalue weighted by molar-refractivity contribution is 5.88. The Morgan fingerprint density at radius 1 is 1.25 bits per heavy atom. The Kier molecular flexibility index (Phi) is 2.98. The number of nitrogens with one attached hydrogen (secondary N) is 1. The highest BCUT2D eigenvalue weighted by Gasteiger charge is 2.24. The standard InChI is InChI=1S/C14H13N3O3/c18-13(6-12-3-4-15-16-12)17-7-10-2-1-9(14(19)20)5-11(10)8-17/h1-5H,6-8H2,(H,15,16)(H,19,20). The van der Waals surface area contributed by atoms with Gasteiger partial charge >= 0.3 is 5.97 Å². The molecular weight excluding hydrogens is 258 g/mol. The third-order valence-electron chi connectivity index (χ3n) is 3.43. The number of carboxylic acids is 1. The summed E-state index contributed by atoms with van der Waals surface area (Å²) >= 11 is 0. The fraction of sp³-hybridized carbons (Fsp3) is 0.214. The lowest BCUT2D eigenvalue weighted by molar-refractivity contribution is -0.131. The number of aromatic nitrogens is 2. The zero-order valence-electron chi connectivity index (χ0n) is 10.7. The maximum atomic E-state index is 12.2. The highest BCUT2D eigenvalue weighted by atomic mass is 16.4. The number of nitrogens with zero attached hydrogens (tertiary/aromatic N) is 2. The summed E-state index contributed by atoms with van der Waals surface area (Å²) in [5.74, 6) is -0.947. The Morgan fingerprint density at radius 3 is 2.75 bits per heavy atom. The number of aromatic carboxylic acids is 1. The van der Waals surface area contributed by atoms with Crippen LogP contribution in [0.25, 0.3) is 0 Å². The molecule has 1 amide bonds. The molecule has 0 spiro atoms. The minimum Gasteiger partial charge on any atom is -0.478 e. The summed E-state index contributed by atoms with van der Waals surface area (Å²) in [7, 11) is 0. The normalized spacial score (nSPS) is 13.3. The SMILES string of the molecule is O=C(O)c1ccc2c(c1)CN(C(=O)Cc1ccn[nH]1)C2. The fourth-order valence-corrected chi connectivity index (χ4v) is 2.36. The van der Waals surface area contributed by atoms with Crippen molar-refractivity contribution < 1.29 is 14.7 Å². The molecule has 0 atom stereocenters. The predicted molar refractivity (Wildman–Crippen MR) is 69.9 cm³/mol. The van der Waals surface area contributed by atoms with E-state index in [0.29, 0.717) is 13.1 Å². The Labute approximate surface area is 115 Å². The molecule has 0 aliphatic carbocycles. The van der Waals surface area contributed by atoms with Crippen LogP contribution in [0.15, 0.2) is 30.5 Å². The molecule has 0 bridgehead atoms. The monoisotopic (exact) mass is 271 g/mol. The number of fused-ring (bicyclic) bond motifs is 1. The number of H-pyrrole nitrogens is 1. The van der Waals surface area contributed by atoms with Crippen LogP contribution < -0.4 is 0 Å². The molecule has 0 unspecified atom stereocenters. The molecule has 6 heteroatoms. The van der Waals surface area contributed by atoms with Crippen molar-refractivity contribution in [1.82, 2.24) is 15.1 Å². The van der Waals surface area contributed by atoms with Crippen molar-refractivity contribution in [3.05, 3.63) is 52.8 Å². The van der Waals surface area contributed by atoms with E-state index in [4.69, 9.17) is 5.11 Å². The van der Waals surface area contributed by atoms with Gasteiger partial charge in [-0.3, -0.25) is 9.89 Å². The van der Waals surface area contributed by atoms with Crippen LogP contribution in [0.4, 0.5) is 0 Å². The topological polar surface area (TPSA) is 86.3 Å². The molecule has 0 radical (unpaired) electrons. The number of carbonyl (C=O) groups excluding carboxylic acids is 1. The third-order valence-corrected chi connectivity index (χ3v) is 3.43. The molecule has 1 aliphatic rings. The molecular formula is C14H13N3O3. The lowest BCUT2D eigenvalue weighted by atomic mass is 10.1. The number of aromatic amines is 1. The maximum absolute atomic E-state index is 12.2. The van der Waals surface area contributed by atoms with Gasteiger partial charge in [-0.15, -0.1) is 0 Å². The van der Waals surface area contributed by atoms with Crippen LogP contribution in [0, 0.1) is 0 Å². The van der Waals surface area contributed by atoms with E-state index in [1.54, 1.807) is 35.4 Å². The zero-order valence-corrected chi connectivity index (χ0v) is 10.7. The van der Waals surface area contributed by atoms with Gasteiger partial charge in [0, 0.05) is 25.0 Å². The van der Waals surface area contributed by atoms with E-state index < -0.39 is 5.97 Å². The smallest absolute Gasteiger partial charge is 0.335 e. The number of amides is 1. The number of carboxylic acid groups (broad SMARTS) is 1. The lowest BCUT2D eigenvalue weighted by Gasteiger charge is -2.14. The van der Waals surface area contributed by atoms with Crippen molar-refractivity contribution in [2.75, 3.05) is 0 Å². The first-order valence-electron chi connectivity index (χ1n) is 6.24. The first kappa shape index (κ1) is 12.4. The molecule has 1 aromatic heterocycles. The van der Waals surface area contributed by atoms with Crippen LogP contribution in [-0.4, -0.2) is 32.1 Å². The Balaban J connectivity index is 1.73. The lowest BCUT2D eigenvalue weighted by Crippen LogP contribution is -2.27. The Hall–Kier alpha value is -2.63. The summed E-state index contributed by atoms with van der Waals surface area (Å²) in [5, 5.41) is 15.5. The van der Waals surface area contributed by atoms with Gasteiger partial charge in [0.2, 0.25) is 5.91 Å². The number of benzene rings is 1. The molecule has 0 fully saturated rings. The third kappa shape index (κ3) is 2.27. The molecule has 20 heavy (non-hydrogen) atoms. The van der Waals surface area contributed by atoms with E-state index in [1.807, 2.05) is 0 Å². The van der Waals surface area contributed by atoms with Gasteiger partial charge < -0.3 is 10.0 Å². The van der Waals surface area contributed by atoms with Crippen molar-refractivity contribution in [2.24, 2.45) is 0 Å². The molecule has 3 rings (SSSR count). The van der Waals surface area contributed by atoms with Crippen molar-refractivity contribution in [3.8, 4) is 0 Å². The van der Waals surface area contributed by atoms with E-state index in [2.05, 4.69) is 10.2 Å². The largest absolute Gasteiger partial charge is 0.478 e. The quantitative estimate of drug-likeness (QED) is 0.878. The first-order chi connectivity index (χ1) is 9.63. The minimum atomic E-state index is -0.949. The van der Waals surface area contributed by atoms with Crippen LogP contribution in [0.2, 0.25) is 0 Å². The molecule has 102 valence electrons. The maximum Gasteiger partial charge on any atom is 0.335 e. The van der Waals surface area contributed by atoms with Gasteiger partial charge in [0.1, 0.15) is 0 Å². The second-order valence-corrected chi connectivity index (χ2v) is 4.80. The van der Waals surface area contributed by atoms with Crippen molar-refractivity contribution in [1.29, 1.82) is 0 Å². The summed E-state index contributed by atoms with van der Waals surface area (Å²) in [6.45, 7) is 0.992. The van der Waals surface area contributed by atoms with Crippen LogP contribution in [0.1, 0.15) is 27.2 Å². The summed E-state index contributed by atoms with van der Waals surface area (Å²) in [6, 6.07) is 6.76. The first-order valence-corrected chi connectivity index (χ1v) is 6.24. The van der Waals surface area contributed by atoms with E-state index in [9.17, 15) is 9.59 Å². The number of rotatable bonds is 3. The fourth-order valence-electron chi connectivity index (χ4n) is 2.36. The van der Waals surface area contributed by atoms with Gasteiger partial charge in [-0.05, 0) is 29.3 Å². The van der Waals surface area contributed by atoms with Gasteiger partial charge in [-0.25, -0.2) is 4.79 Å². The number of carbonyl (C=O) groups is 2. The molecule has 1 aromatic carbocycles. The second kappa shape index (κ2) is 4.80. The highest BCUT2D eigenvalue weighted by Crippen LogP contribution is 2.24. The molecule has 1 aliphatic heterocycles. The Morgan fingerprint density at radius 2 is 2.05 bits per heavy atom. The van der Waals surface area contributed by atoms with Gasteiger partial charge in [0.25, 0.3) is 0 Å². The average molecular weight is 271 g/mol. The van der Waals surface area contributed by atoms with E-state index in [0.717, 1.165) is 16.8 Å².